The smallest absolute Gasteiger partial charge is 0.264 e. The van der Waals surface area contributed by atoms with E-state index in [1.165, 1.54) is 16.9 Å². The van der Waals surface area contributed by atoms with Gasteiger partial charge in [0.15, 0.2) is 0 Å². The van der Waals surface area contributed by atoms with Gasteiger partial charge in [-0.1, -0.05) is 30.3 Å². The number of hydrogen-bond donors (Lipinski definition) is 0. The highest BCUT2D eigenvalue weighted by atomic mass is 32.1. The van der Waals surface area contributed by atoms with Crippen LogP contribution >= 0.6 is 11.3 Å². The topological polar surface area (TPSA) is 38.1 Å². The average molecular weight is 325 g/mol. The van der Waals surface area contributed by atoms with E-state index in [2.05, 4.69) is 17.2 Å². The molecule has 0 radical (unpaired) electrons. The lowest BCUT2D eigenvalue weighted by Crippen LogP contribution is -2.25. The van der Waals surface area contributed by atoms with Crippen molar-refractivity contribution in [1.29, 1.82) is 0 Å². The molecule has 0 saturated carbocycles. The number of carbonyl (C=O) groups excluding carboxylic acids is 1. The van der Waals surface area contributed by atoms with E-state index in [1.807, 2.05) is 60.7 Å². The molecule has 0 atom stereocenters. The molecule has 118 valence electrons. The van der Waals surface area contributed by atoms with Crippen molar-refractivity contribution in [3.05, 3.63) is 75.7 Å². The van der Waals surface area contributed by atoms with Crippen LogP contribution in [0.1, 0.15) is 26.4 Å². The molecule has 3 rings (SSSR count). The van der Waals surface area contributed by atoms with Gasteiger partial charge in [-0.2, -0.15) is 5.10 Å². The van der Waals surface area contributed by atoms with Gasteiger partial charge in [0, 0.05) is 25.4 Å². The van der Waals surface area contributed by atoms with Crippen molar-refractivity contribution in [3.63, 3.8) is 0 Å². The predicted molar refractivity (Wildman–Crippen MR) is 92.6 cm³/mol. The third-order valence-corrected chi connectivity index (χ3v) is 4.70. The highest BCUT2D eigenvalue weighted by Gasteiger charge is 2.16. The number of thiophene rings is 1. The third-order valence-electron chi connectivity index (χ3n) is 3.70. The maximum absolute atomic E-state index is 12.4. The first-order valence-electron chi connectivity index (χ1n) is 7.48. The van der Waals surface area contributed by atoms with Crippen molar-refractivity contribution in [2.24, 2.45) is 0 Å². The van der Waals surface area contributed by atoms with Crippen LogP contribution in [0.5, 0.6) is 0 Å². The zero-order valence-corrected chi connectivity index (χ0v) is 14.1. The molecule has 2 heterocycles. The maximum atomic E-state index is 12.4. The SMILES string of the molecule is Cc1ccsc1C(=O)N(C)Cc1cnn(Cc2ccccc2)c1. The summed E-state index contributed by atoms with van der Waals surface area (Å²) in [5.41, 5.74) is 3.28. The third kappa shape index (κ3) is 3.68. The van der Waals surface area contributed by atoms with Crippen LogP contribution < -0.4 is 0 Å². The van der Waals surface area contributed by atoms with E-state index in [9.17, 15) is 4.79 Å². The second-order valence-corrected chi connectivity index (χ2v) is 6.54. The molecule has 0 aliphatic carbocycles. The Morgan fingerprint density at radius 3 is 2.70 bits per heavy atom. The maximum Gasteiger partial charge on any atom is 0.264 e. The number of aromatic nitrogens is 2. The van der Waals surface area contributed by atoms with Gasteiger partial charge in [-0.15, -0.1) is 11.3 Å². The van der Waals surface area contributed by atoms with Crippen molar-refractivity contribution in [2.75, 3.05) is 7.05 Å². The lowest BCUT2D eigenvalue weighted by Gasteiger charge is -2.15. The van der Waals surface area contributed by atoms with E-state index in [-0.39, 0.29) is 5.91 Å². The van der Waals surface area contributed by atoms with Crippen LogP contribution in [0, 0.1) is 6.92 Å². The predicted octanol–water partition coefficient (Wildman–Crippen LogP) is 3.57. The number of benzene rings is 1. The minimum Gasteiger partial charge on any atom is -0.337 e. The summed E-state index contributed by atoms with van der Waals surface area (Å²) in [6, 6.07) is 12.2. The zero-order chi connectivity index (χ0) is 16.2. The van der Waals surface area contributed by atoms with Gasteiger partial charge in [0.05, 0.1) is 17.6 Å². The van der Waals surface area contributed by atoms with Crippen LogP contribution in [0.2, 0.25) is 0 Å². The molecular weight excluding hydrogens is 306 g/mol. The fourth-order valence-electron chi connectivity index (χ4n) is 2.46. The first kappa shape index (κ1) is 15.5. The fourth-order valence-corrected chi connectivity index (χ4v) is 3.37. The minimum atomic E-state index is 0.0632. The summed E-state index contributed by atoms with van der Waals surface area (Å²) >= 11 is 1.49. The summed E-state index contributed by atoms with van der Waals surface area (Å²) in [4.78, 5) is 15.0. The monoisotopic (exact) mass is 325 g/mol. The molecule has 1 amide bonds. The largest absolute Gasteiger partial charge is 0.337 e. The van der Waals surface area contributed by atoms with Gasteiger partial charge < -0.3 is 4.90 Å². The van der Waals surface area contributed by atoms with Gasteiger partial charge in [0.2, 0.25) is 0 Å². The summed E-state index contributed by atoms with van der Waals surface area (Å²) < 4.78 is 1.90. The number of aryl methyl sites for hydroxylation is 1. The van der Waals surface area contributed by atoms with E-state index in [0.717, 1.165) is 22.5 Å². The Kier molecular flexibility index (Phi) is 4.57. The van der Waals surface area contributed by atoms with Gasteiger partial charge in [0.1, 0.15) is 0 Å². The first-order chi connectivity index (χ1) is 11.1. The lowest BCUT2D eigenvalue weighted by atomic mass is 10.2. The Bertz CT molecular complexity index is 791. The number of rotatable bonds is 5. The van der Waals surface area contributed by atoms with Crippen molar-refractivity contribution >= 4 is 17.2 Å². The van der Waals surface area contributed by atoms with Crippen LogP contribution in [0.3, 0.4) is 0 Å². The van der Waals surface area contributed by atoms with Gasteiger partial charge in [-0.25, -0.2) is 0 Å². The Morgan fingerprint density at radius 1 is 1.22 bits per heavy atom. The standard InChI is InChI=1S/C18H19N3OS/c1-14-8-9-23-17(14)18(22)20(2)11-16-10-19-21(13-16)12-15-6-4-3-5-7-15/h3-10,13H,11-12H2,1-2H3. The fraction of sp³-hybridized carbons (Fsp3) is 0.222. The molecule has 0 N–H and O–H groups in total. The Hall–Kier alpha value is -2.40. The van der Waals surface area contributed by atoms with E-state index >= 15 is 0 Å². The summed E-state index contributed by atoms with van der Waals surface area (Å²) in [6.45, 7) is 3.27. The molecule has 0 unspecified atom stereocenters. The van der Waals surface area contributed by atoms with Crippen LogP contribution in [-0.4, -0.2) is 27.6 Å². The average Bonchev–Trinajstić information content (AvgIpc) is 3.16. The Balaban J connectivity index is 1.64. The van der Waals surface area contributed by atoms with Gasteiger partial charge in [-0.05, 0) is 29.5 Å². The second-order valence-electron chi connectivity index (χ2n) is 5.63. The lowest BCUT2D eigenvalue weighted by molar-refractivity contribution is 0.0789. The number of nitrogens with zero attached hydrogens (tertiary/aromatic N) is 3. The van der Waals surface area contributed by atoms with Crippen LogP contribution in [-0.2, 0) is 13.1 Å². The van der Waals surface area contributed by atoms with Crippen molar-refractivity contribution in [2.45, 2.75) is 20.0 Å². The first-order valence-corrected chi connectivity index (χ1v) is 8.36. The Morgan fingerprint density at radius 2 is 2.00 bits per heavy atom. The number of amides is 1. The molecule has 2 aromatic heterocycles. The number of carbonyl (C=O) groups is 1. The van der Waals surface area contributed by atoms with E-state index in [1.54, 1.807) is 4.90 Å². The van der Waals surface area contributed by atoms with Gasteiger partial charge in [-0.3, -0.25) is 9.48 Å². The summed E-state index contributed by atoms with van der Waals surface area (Å²) in [6.07, 6.45) is 3.83. The molecule has 23 heavy (non-hydrogen) atoms. The molecule has 5 heteroatoms. The quantitative estimate of drug-likeness (QED) is 0.719. The highest BCUT2D eigenvalue weighted by molar-refractivity contribution is 7.12. The summed E-state index contributed by atoms with van der Waals surface area (Å²) in [5.74, 6) is 0.0632. The van der Waals surface area contributed by atoms with Crippen molar-refractivity contribution in [3.8, 4) is 0 Å². The molecule has 3 aromatic rings. The molecule has 4 nitrogen and oxygen atoms in total. The normalized spacial score (nSPS) is 10.7. The van der Waals surface area contributed by atoms with Crippen molar-refractivity contribution < 1.29 is 4.79 Å². The molecule has 0 aliphatic rings. The molecule has 0 aliphatic heterocycles. The van der Waals surface area contributed by atoms with Crippen LogP contribution in [0.4, 0.5) is 0 Å². The molecule has 0 saturated heterocycles. The van der Waals surface area contributed by atoms with Crippen molar-refractivity contribution in [1.82, 2.24) is 14.7 Å². The van der Waals surface area contributed by atoms with E-state index < -0.39 is 0 Å². The van der Waals surface area contributed by atoms with Crippen LogP contribution in [0.15, 0.2) is 54.2 Å². The summed E-state index contributed by atoms with van der Waals surface area (Å²) in [5, 5.41) is 6.34. The molecule has 0 fully saturated rings. The van der Waals surface area contributed by atoms with Gasteiger partial charge >= 0.3 is 0 Å². The molecule has 0 bridgehead atoms. The zero-order valence-electron chi connectivity index (χ0n) is 13.3. The second kappa shape index (κ2) is 6.79. The summed E-state index contributed by atoms with van der Waals surface area (Å²) in [7, 11) is 1.83. The minimum absolute atomic E-state index is 0.0632. The van der Waals surface area contributed by atoms with E-state index in [0.29, 0.717) is 6.54 Å². The van der Waals surface area contributed by atoms with E-state index in [4.69, 9.17) is 0 Å². The molecule has 1 aromatic carbocycles. The van der Waals surface area contributed by atoms with Crippen LogP contribution in [0.25, 0.3) is 0 Å². The number of hydrogen-bond acceptors (Lipinski definition) is 3. The van der Waals surface area contributed by atoms with Gasteiger partial charge in [0.25, 0.3) is 5.91 Å². The highest BCUT2D eigenvalue weighted by Crippen LogP contribution is 2.18. The Labute approximate surface area is 140 Å². The molecule has 0 spiro atoms. The molecular formula is C18H19N3OS.